The molecule has 0 aliphatic carbocycles. The third-order valence-corrected chi connectivity index (χ3v) is 3.63. The van der Waals surface area contributed by atoms with Crippen molar-refractivity contribution >= 4 is 17.0 Å². The lowest BCUT2D eigenvalue weighted by Crippen LogP contribution is -2.23. The molecule has 3 nitrogen and oxygen atoms in total. The first kappa shape index (κ1) is 17.8. The molecule has 0 rings (SSSR count). The predicted octanol–water partition coefficient (Wildman–Crippen LogP) is 3.60. The zero-order valence-electron chi connectivity index (χ0n) is 12.5. The number of amides is 1. The summed E-state index contributed by atoms with van der Waals surface area (Å²) in [6, 6.07) is 0. The maximum Gasteiger partial charge on any atom is 0.281 e. The molecule has 108 valence electrons. The molecule has 4 heteroatoms. The molecule has 1 amide bonds. The van der Waals surface area contributed by atoms with Crippen LogP contribution in [0.25, 0.3) is 0 Å². The number of thioether (sulfide) groups is 1. The van der Waals surface area contributed by atoms with Crippen molar-refractivity contribution in [1.82, 2.24) is 10.2 Å². The molecular formula is C14H30N2OS. The second-order valence-electron chi connectivity index (χ2n) is 5.24. The number of nitrogens with one attached hydrogen (secondary N) is 1. The van der Waals surface area contributed by atoms with Crippen LogP contribution in [0.3, 0.4) is 0 Å². The second kappa shape index (κ2) is 11.8. The minimum atomic E-state index is 0.168. The molecule has 0 aliphatic heterocycles. The SMILES string of the molecule is CSC(=O)N(C)CCCCCNCCCC(C)C. The van der Waals surface area contributed by atoms with Gasteiger partial charge in [0.25, 0.3) is 5.24 Å². The maximum atomic E-state index is 11.3. The number of hydrogen-bond acceptors (Lipinski definition) is 3. The first-order chi connectivity index (χ1) is 8.57. The summed E-state index contributed by atoms with van der Waals surface area (Å²) in [6.07, 6.45) is 7.94. The molecule has 0 radical (unpaired) electrons. The van der Waals surface area contributed by atoms with Crippen LogP contribution in [0.4, 0.5) is 4.79 Å². The standard InChI is InChI=1S/C14H30N2OS/c1-13(2)9-8-11-15-10-6-5-7-12-16(3)14(17)18-4/h13,15H,5-12H2,1-4H3. The van der Waals surface area contributed by atoms with E-state index in [9.17, 15) is 4.79 Å². The van der Waals surface area contributed by atoms with Gasteiger partial charge in [-0.3, -0.25) is 4.79 Å². The minimum Gasteiger partial charge on any atom is -0.337 e. The van der Waals surface area contributed by atoms with Crippen molar-refractivity contribution < 1.29 is 4.79 Å². The summed E-state index contributed by atoms with van der Waals surface area (Å²) in [5.74, 6) is 0.816. The molecular weight excluding hydrogens is 244 g/mol. The molecule has 18 heavy (non-hydrogen) atoms. The molecule has 1 N–H and O–H groups in total. The highest BCUT2D eigenvalue weighted by molar-refractivity contribution is 8.12. The third-order valence-electron chi connectivity index (χ3n) is 2.97. The van der Waals surface area contributed by atoms with Gasteiger partial charge in [-0.1, -0.05) is 32.0 Å². The molecule has 0 fully saturated rings. The first-order valence-corrected chi connectivity index (χ1v) is 8.30. The van der Waals surface area contributed by atoms with Crippen molar-refractivity contribution in [2.45, 2.75) is 46.0 Å². The molecule has 0 aromatic heterocycles. The van der Waals surface area contributed by atoms with Gasteiger partial charge in [0.15, 0.2) is 0 Å². The van der Waals surface area contributed by atoms with Crippen LogP contribution < -0.4 is 5.32 Å². The molecule has 0 aromatic rings. The average Bonchev–Trinajstić information content (AvgIpc) is 2.35. The summed E-state index contributed by atoms with van der Waals surface area (Å²) >= 11 is 1.29. The van der Waals surface area contributed by atoms with Crippen molar-refractivity contribution in [3.05, 3.63) is 0 Å². The van der Waals surface area contributed by atoms with Gasteiger partial charge in [0.2, 0.25) is 0 Å². The molecule has 0 heterocycles. The number of carbonyl (C=O) groups excluding carboxylic acids is 1. The topological polar surface area (TPSA) is 32.3 Å². The number of hydrogen-bond donors (Lipinski definition) is 1. The van der Waals surface area contributed by atoms with Gasteiger partial charge in [-0.05, 0) is 50.9 Å². The van der Waals surface area contributed by atoms with Crippen molar-refractivity contribution in [2.24, 2.45) is 5.92 Å². The molecule has 0 aromatic carbocycles. The van der Waals surface area contributed by atoms with Gasteiger partial charge in [0.05, 0.1) is 0 Å². The average molecular weight is 274 g/mol. The van der Waals surface area contributed by atoms with Crippen LogP contribution in [0.5, 0.6) is 0 Å². The summed E-state index contributed by atoms with van der Waals surface area (Å²) in [7, 11) is 1.88. The van der Waals surface area contributed by atoms with Crippen molar-refractivity contribution in [3.63, 3.8) is 0 Å². The van der Waals surface area contributed by atoms with E-state index in [1.807, 2.05) is 13.3 Å². The zero-order chi connectivity index (χ0) is 13.8. The number of nitrogens with zero attached hydrogens (tertiary/aromatic N) is 1. The molecule has 0 unspecified atom stereocenters. The lowest BCUT2D eigenvalue weighted by atomic mass is 10.1. The van der Waals surface area contributed by atoms with Gasteiger partial charge in [0.1, 0.15) is 0 Å². The van der Waals surface area contributed by atoms with Crippen molar-refractivity contribution in [3.8, 4) is 0 Å². The Hall–Kier alpha value is -0.220. The summed E-state index contributed by atoms with van der Waals surface area (Å²) in [5, 5.41) is 3.65. The number of rotatable bonds is 10. The van der Waals surface area contributed by atoms with Gasteiger partial charge in [0, 0.05) is 13.6 Å². The quantitative estimate of drug-likeness (QED) is 0.618. The van der Waals surface area contributed by atoms with E-state index >= 15 is 0 Å². The highest BCUT2D eigenvalue weighted by atomic mass is 32.2. The highest BCUT2D eigenvalue weighted by Crippen LogP contribution is 2.05. The molecule has 0 saturated heterocycles. The monoisotopic (exact) mass is 274 g/mol. The second-order valence-corrected chi connectivity index (χ2v) is 6.00. The van der Waals surface area contributed by atoms with E-state index in [1.54, 1.807) is 4.90 Å². The Bertz CT molecular complexity index is 210. The fraction of sp³-hybridized carbons (Fsp3) is 0.929. The lowest BCUT2D eigenvalue weighted by molar-refractivity contribution is 0.232. The van der Waals surface area contributed by atoms with Crippen LogP contribution in [0.15, 0.2) is 0 Å². The Morgan fingerprint density at radius 3 is 2.44 bits per heavy atom. The summed E-state index contributed by atoms with van der Waals surface area (Å²) in [6.45, 7) is 7.67. The Labute approximate surface area is 117 Å². The normalized spacial score (nSPS) is 10.9. The van der Waals surface area contributed by atoms with Gasteiger partial charge < -0.3 is 10.2 Å². The van der Waals surface area contributed by atoms with Gasteiger partial charge in [-0.25, -0.2) is 0 Å². The Morgan fingerprint density at radius 1 is 1.17 bits per heavy atom. The maximum absolute atomic E-state index is 11.3. The van der Waals surface area contributed by atoms with Crippen LogP contribution in [0.1, 0.15) is 46.0 Å². The predicted molar refractivity (Wildman–Crippen MR) is 82.3 cm³/mol. The lowest BCUT2D eigenvalue weighted by Gasteiger charge is -2.15. The summed E-state index contributed by atoms with van der Waals surface area (Å²) in [5.41, 5.74) is 0. The van der Waals surface area contributed by atoms with Crippen LogP contribution in [-0.2, 0) is 0 Å². The fourth-order valence-corrected chi connectivity index (χ4v) is 2.19. The minimum absolute atomic E-state index is 0.168. The van der Waals surface area contributed by atoms with Gasteiger partial charge in [-0.2, -0.15) is 0 Å². The smallest absolute Gasteiger partial charge is 0.281 e. The van der Waals surface area contributed by atoms with Crippen LogP contribution in [0, 0.1) is 5.92 Å². The summed E-state index contributed by atoms with van der Waals surface area (Å²) < 4.78 is 0. The van der Waals surface area contributed by atoms with E-state index in [4.69, 9.17) is 0 Å². The van der Waals surface area contributed by atoms with E-state index in [2.05, 4.69) is 19.2 Å². The molecule has 0 atom stereocenters. The first-order valence-electron chi connectivity index (χ1n) is 7.07. The van der Waals surface area contributed by atoms with Crippen LogP contribution >= 0.6 is 11.8 Å². The Morgan fingerprint density at radius 2 is 1.83 bits per heavy atom. The van der Waals surface area contributed by atoms with E-state index in [-0.39, 0.29) is 5.24 Å². The molecule has 0 bridgehead atoms. The van der Waals surface area contributed by atoms with Crippen molar-refractivity contribution in [2.75, 3.05) is 32.9 Å². The molecule has 0 saturated carbocycles. The zero-order valence-corrected chi connectivity index (χ0v) is 13.3. The van der Waals surface area contributed by atoms with E-state index < -0.39 is 0 Å². The summed E-state index contributed by atoms with van der Waals surface area (Å²) in [4.78, 5) is 13.1. The van der Waals surface area contributed by atoms with Crippen molar-refractivity contribution in [1.29, 1.82) is 0 Å². The van der Waals surface area contributed by atoms with E-state index in [0.29, 0.717) is 0 Å². The molecule has 0 aliphatic rings. The fourth-order valence-electron chi connectivity index (χ4n) is 1.78. The number of unbranched alkanes of at least 4 members (excludes halogenated alkanes) is 2. The number of carbonyl (C=O) groups is 1. The third kappa shape index (κ3) is 10.9. The van der Waals surface area contributed by atoms with E-state index in [1.165, 1.54) is 37.4 Å². The Balaban J connectivity index is 3.19. The highest BCUT2D eigenvalue weighted by Gasteiger charge is 2.04. The van der Waals surface area contributed by atoms with Gasteiger partial charge in [-0.15, -0.1) is 0 Å². The Kier molecular flexibility index (Phi) is 11.7. The largest absolute Gasteiger partial charge is 0.337 e. The van der Waals surface area contributed by atoms with Crippen LogP contribution in [0.2, 0.25) is 0 Å². The van der Waals surface area contributed by atoms with E-state index in [0.717, 1.165) is 32.0 Å². The van der Waals surface area contributed by atoms with Gasteiger partial charge >= 0.3 is 0 Å². The van der Waals surface area contributed by atoms with Crippen LogP contribution in [-0.4, -0.2) is 43.1 Å². The molecule has 0 spiro atoms.